The molecule has 168 valence electrons. The Morgan fingerprint density at radius 1 is 1.15 bits per heavy atom. The van der Waals surface area contributed by atoms with Crippen LogP contribution in [0.1, 0.15) is 43.6 Å². The first-order valence-corrected chi connectivity index (χ1v) is 11.5. The minimum Gasteiger partial charge on any atom is -0.324 e. The Bertz CT molecular complexity index is 1430. The monoisotopic (exact) mass is 442 g/mol. The molecule has 1 fully saturated rings. The van der Waals surface area contributed by atoms with Crippen LogP contribution in [0, 0.1) is 0 Å². The minimum atomic E-state index is -0.127. The summed E-state index contributed by atoms with van der Waals surface area (Å²) < 4.78 is 3.44. The Hall–Kier alpha value is -3.59. The van der Waals surface area contributed by atoms with Crippen molar-refractivity contribution in [1.29, 1.82) is 0 Å². The second-order valence-corrected chi connectivity index (χ2v) is 9.10. The molecular weight excluding hydrogens is 416 g/mol. The van der Waals surface area contributed by atoms with Crippen LogP contribution < -0.4 is 16.2 Å². The van der Waals surface area contributed by atoms with Crippen molar-refractivity contribution >= 4 is 22.7 Å². The van der Waals surface area contributed by atoms with Crippen molar-refractivity contribution in [2.75, 3.05) is 11.9 Å². The van der Waals surface area contributed by atoms with Crippen LogP contribution in [-0.2, 0) is 24.9 Å². The Morgan fingerprint density at radius 3 is 2.85 bits per heavy atom. The molecule has 0 saturated heterocycles. The second kappa shape index (κ2) is 7.48. The third kappa shape index (κ3) is 3.39. The highest BCUT2D eigenvalue weighted by Crippen LogP contribution is 2.45. The van der Waals surface area contributed by atoms with Crippen LogP contribution in [0.4, 0.5) is 11.6 Å². The molecule has 6 rings (SSSR count). The molecule has 2 N–H and O–H groups in total. The smallest absolute Gasteiger partial charge is 0.278 e. The summed E-state index contributed by atoms with van der Waals surface area (Å²) in [5.74, 6) is 1.91. The van der Waals surface area contributed by atoms with Gasteiger partial charge in [-0.3, -0.25) is 4.79 Å². The van der Waals surface area contributed by atoms with Crippen molar-refractivity contribution in [1.82, 2.24) is 34.6 Å². The highest BCUT2D eigenvalue weighted by molar-refractivity contribution is 5.77. The molecular formula is C24H26N8O. The van der Waals surface area contributed by atoms with E-state index in [9.17, 15) is 4.79 Å². The highest BCUT2D eigenvalue weighted by atomic mass is 16.1. The van der Waals surface area contributed by atoms with E-state index in [1.807, 2.05) is 19.1 Å². The van der Waals surface area contributed by atoms with Crippen LogP contribution >= 0.6 is 0 Å². The van der Waals surface area contributed by atoms with Crippen molar-refractivity contribution in [2.45, 2.75) is 51.6 Å². The normalized spacial score (nSPS) is 16.5. The van der Waals surface area contributed by atoms with Crippen molar-refractivity contribution < 1.29 is 0 Å². The fraction of sp³-hybridized carbons (Fsp3) is 0.375. The lowest BCUT2D eigenvalue weighted by atomic mass is 10.0. The molecule has 1 aliphatic carbocycles. The van der Waals surface area contributed by atoms with Gasteiger partial charge in [-0.2, -0.15) is 4.98 Å². The van der Waals surface area contributed by atoms with E-state index in [1.165, 1.54) is 11.1 Å². The number of rotatable bonds is 5. The number of nitrogens with one attached hydrogen (secondary N) is 2. The first kappa shape index (κ1) is 20.0. The Kier molecular flexibility index (Phi) is 4.55. The van der Waals surface area contributed by atoms with Gasteiger partial charge < -0.3 is 10.6 Å². The van der Waals surface area contributed by atoms with Gasteiger partial charge in [-0.05, 0) is 56.0 Å². The highest BCUT2D eigenvalue weighted by Gasteiger charge is 2.42. The number of benzene rings is 1. The predicted molar refractivity (Wildman–Crippen MR) is 126 cm³/mol. The Balaban J connectivity index is 1.44. The summed E-state index contributed by atoms with van der Waals surface area (Å²) in [7, 11) is 0. The summed E-state index contributed by atoms with van der Waals surface area (Å²) in [5, 5.41) is 7.18. The summed E-state index contributed by atoms with van der Waals surface area (Å²) in [5.41, 5.74) is 4.02. The quantitative estimate of drug-likeness (QED) is 0.490. The van der Waals surface area contributed by atoms with Gasteiger partial charge in [0.15, 0.2) is 11.5 Å². The van der Waals surface area contributed by atoms with Crippen LogP contribution in [0.25, 0.3) is 16.9 Å². The largest absolute Gasteiger partial charge is 0.324 e. The summed E-state index contributed by atoms with van der Waals surface area (Å²) in [4.78, 5) is 31.5. The molecule has 0 spiro atoms. The van der Waals surface area contributed by atoms with Gasteiger partial charge in [-0.25, -0.2) is 24.3 Å². The molecule has 4 aromatic rings. The standard InChI is InChI=1S/C24H26N8O/c1-3-31-21(33)18-14-27-23(28-17-5-4-16-13-25-10-6-15(16)12-17)30-20(18)32(31)19-7-11-26-22(29-19)24(2)8-9-24/h4-5,7,11-12,14,25H,3,6,8-10,13H2,1-2H3,(H,27,28,30). The van der Waals surface area contributed by atoms with Crippen LogP contribution in [-0.4, -0.2) is 35.8 Å². The van der Waals surface area contributed by atoms with Gasteiger partial charge in [0, 0.05) is 42.7 Å². The van der Waals surface area contributed by atoms with Crippen LogP contribution in [0.2, 0.25) is 0 Å². The van der Waals surface area contributed by atoms with Gasteiger partial charge in [0.2, 0.25) is 5.95 Å². The summed E-state index contributed by atoms with van der Waals surface area (Å²) in [6, 6.07) is 8.15. The molecule has 4 heterocycles. The second-order valence-electron chi connectivity index (χ2n) is 9.10. The molecule has 1 aliphatic heterocycles. The molecule has 0 unspecified atom stereocenters. The maximum absolute atomic E-state index is 13.1. The van der Waals surface area contributed by atoms with E-state index >= 15 is 0 Å². The SMILES string of the molecule is CCn1c(=O)c2cnc(Nc3ccc4c(c3)CCNC4)nc2n1-c1ccnc(C2(C)CC2)n1. The van der Waals surface area contributed by atoms with Crippen molar-refractivity contribution in [2.24, 2.45) is 0 Å². The van der Waals surface area contributed by atoms with Crippen LogP contribution in [0.5, 0.6) is 0 Å². The van der Waals surface area contributed by atoms with Crippen LogP contribution in [0.15, 0.2) is 41.5 Å². The molecule has 3 aromatic heterocycles. The summed E-state index contributed by atoms with van der Waals surface area (Å²) in [6.45, 7) is 6.49. The topological polar surface area (TPSA) is 103 Å². The van der Waals surface area contributed by atoms with E-state index in [0.717, 1.165) is 43.9 Å². The maximum Gasteiger partial charge on any atom is 0.278 e. The van der Waals surface area contributed by atoms with E-state index in [4.69, 9.17) is 9.97 Å². The number of aromatic nitrogens is 6. The van der Waals surface area contributed by atoms with Gasteiger partial charge in [-0.1, -0.05) is 13.0 Å². The van der Waals surface area contributed by atoms with Gasteiger partial charge >= 0.3 is 0 Å². The number of nitrogens with zero attached hydrogens (tertiary/aromatic N) is 6. The number of anilines is 2. The van der Waals surface area contributed by atoms with E-state index in [-0.39, 0.29) is 11.0 Å². The Labute approximate surface area is 190 Å². The van der Waals surface area contributed by atoms with Crippen molar-refractivity contribution in [3.05, 3.63) is 64.0 Å². The molecule has 0 amide bonds. The molecule has 9 heteroatoms. The fourth-order valence-corrected chi connectivity index (χ4v) is 4.46. The molecule has 2 aliphatic rings. The van der Waals surface area contributed by atoms with E-state index in [1.54, 1.807) is 21.8 Å². The van der Waals surface area contributed by atoms with Crippen LogP contribution in [0.3, 0.4) is 0 Å². The average Bonchev–Trinajstić information content (AvgIpc) is 3.54. The fourth-order valence-electron chi connectivity index (χ4n) is 4.46. The summed E-state index contributed by atoms with van der Waals surface area (Å²) in [6.07, 6.45) is 6.52. The molecule has 33 heavy (non-hydrogen) atoms. The number of hydrogen-bond acceptors (Lipinski definition) is 7. The zero-order chi connectivity index (χ0) is 22.6. The summed E-state index contributed by atoms with van der Waals surface area (Å²) >= 11 is 0. The zero-order valence-corrected chi connectivity index (χ0v) is 18.8. The lowest BCUT2D eigenvalue weighted by Gasteiger charge is -2.18. The first-order chi connectivity index (χ1) is 16.1. The molecule has 0 bridgehead atoms. The molecule has 1 aromatic carbocycles. The van der Waals surface area contributed by atoms with Gasteiger partial charge in [0.25, 0.3) is 5.56 Å². The van der Waals surface area contributed by atoms with E-state index in [2.05, 4.69) is 39.7 Å². The number of fused-ring (bicyclic) bond motifs is 2. The lowest BCUT2D eigenvalue weighted by molar-refractivity contribution is 0.562. The third-order valence-electron chi connectivity index (χ3n) is 6.72. The third-order valence-corrected chi connectivity index (χ3v) is 6.72. The van der Waals surface area contributed by atoms with Gasteiger partial charge in [0.05, 0.1) is 0 Å². The number of hydrogen-bond donors (Lipinski definition) is 2. The molecule has 1 saturated carbocycles. The minimum absolute atomic E-state index is 0.0278. The first-order valence-electron chi connectivity index (χ1n) is 11.5. The van der Waals surface area contributed by atoms with E-state index < -0.39 is 0 Å². The molecule has 0 radical (unpaired) electrons. The zero-order valence-electron chi connectivity index (χ0n) is 18.8. The lowest BCUT2D eigenvalue weighted by Crippen LogP contribution is -2.23. The van der Waals surface area contributed by atoms with Crippen molar-refractivity contribution in [3.8, 4) is 5.82 Å². The maximum atomic E-state index is 13.1. The Morgan fingerprint density at radius 2 is 2.03 bits per heavy atom. The van der Waals surface area contributed by atoms with Gasteiger partial charge in [-0.15, -0.1) is 0 Å². The predicted octanol–water partition coefficient (Wildman–Crippen LogP) is 2.83. The molecule has 0 atom stereocenters. The van der Waals surface area contributed by atoms with Crippen molar-refractivity contribution in [3.63, 3.8) is 0 Å². The van der Waals surface area contributed by atoms with E-state index in [0.29, 0.717) is 29.3 Å². The average molecular weight is 443 g/mol. The van der Waals surface area contributed by atoms with Gasteiger partial charge in [0.1, 0.15) is 11.2 Å². The molecule has 9 nitrogen and oxygen atoms in total.